The lowest BCUT2D eigenvalue weighted by atomic mass is 10.2. The van der Waals surface area contributed by atoms with Crippen LogP contribution in [-0.2, 0) is 4.79 Å². The Labute approximate surface area is 145 Å². The van der Waals surface area contributed by atoms with Crippen molar-refractivity contribution in [1.29, 1.82) is 0 Å². The van der Waals surface area contributed by atoms with Gasteiger partial charge in [-0.05, 0) is 51.1 Å². The van der Waals surface area contributed by atoms with E-state index in [1.807, 2.05) is 20.8 Å². The molecule has 2 rings (SSSR count). The molecule has 0 aliphatic carbocycles. The molecule has 1 heterocycles. The molecule has 1 aromatic carbocycles. The molecule has 0 aliphatic heterocycles. The average Bonchev–Trinajstić information content (AvgIpc) is 2.92. The molecular weight excluding hydrogens is 324 g/mol. The van der Waals surface area contributed by atoms with Crippen LogP contribution >= 0.6 is 11.3 Å². The topological polar surface area (TPSA) is 83.1 Å². The van der Waals surface area contributed by atoms with Gasteiger partial charge in [-0.3, -0.25) is 4.79 Å². The van der Waals surface area contributed by atoms with Crippen LogP contribution in [0.3, 0.4) is 0 Å². The third-order valence-corrected chi connectivity index (χ3v) is 3.75. The van der Waals surface area contributed by atoms with Gasteiger partial charge in [-0.2, -0.15) is 0 Å². The number of carbonyl (C=O) groups excluding carboxylic acids is 2. The molecule has 0 saturated carbocycles. The Bertz CT molecular complexity index is 735. The molecule has 1 aromatic heterocycles. The monoisotopic (exact) mass is 344 g/mol. The SMILES string of the molecule is Cc1ncc(C=CC(=O)Nc2ccc(NC(=O)NC(C)C)cc2)s1. The number of aryl methyl sites for hydroxylation is 1. The van der Waals surface area contributed by atoms with Crippen molar-refractivity contribution in [1.82, 2.24) is 10.3 Å². The first-order chi connectivity index (χ1) is 11.4. The van der Waals surface area contributed by atoms with E-state index >= 15 is 0 Å². The largest absolute Gasteiger partial charge is 0.336 e. The lowest BCUT2D eigenvalue weighted by Gasteiger charge is -2.10. The van der Waals surface area contributed by atoms with Gasteiger partial charge < -0.3 is 16.0 Å². The molecule has 126 valence electrons. The molecule has 0 saturated heterocycles. The first kappa shape index (κ1) is 17.7. The molecule has 0 atom stereocenters. The van der Waals surface area contributed by atoms with E-state index in [2.05, 4.69) is 20.9 Å². The Morgan fingerprint density at radius 2 is 1.75 bits per heavy atom. The summed E-state index contributed by atoms with van der Waals surface area (Å²) in [5.74, 6) is -0.223. The highest BCUT2D eigenvalue weighted by Gasteiger charge is 2.04. The summed E-state index contributed by atoms with van der Waals surface area (Å²) in [6, 6.07) is 6.72. The van der Waals surface area contributed by atoms with Gasteiger partial charge in [-0.1, -0.05) is 0 Å². The predicted octanol–water partition coefficient (Wildman–Crippen LogP) is 3.63. The summed E-state index contributed by atoms with van der Waals surface area (Å²) in [6.45, 7) is 5.69. The van der Waals surface area contributed by atoms with E-state index in [-0.39, 0.29) is 18.0 Å². The molecule has 3 N–H and O–H groups in total. The van der Waals surface area contributed by atoms with Crippen LogP contribution in [0.15, 0.2) is 36.5 Å². The first-order valence-corrected chi connectivity index (χ1v) is 8.33. The van der Waals surface area contributed by atoms with Crippen LogP contribution in [0, 0.1) is 6.92 Å². The number of nitrogens with one attached hydrogen (secondary N) is 3. The zero-order valence-corrected chi connectivity index (χ0v) is 14.6. The number of benzene rings is 1. The fraction of sp³-hybridized carbons (Fsp3) is 0.235. The Balaban J connectivity index is 1.87. The maximum Gasteiger partial charge on any atom is 0.319 e. The number of urea groups is 1. The standard InChI is InChI=1S/C17H20N4O2S/c1-11(2)19-17(23)21-14-6-4-13(5-7-14)20-16(22)9-8-15-10-18-12(3)24-15/h4-11H,1-3H3,(H,20,22)(H2,19,21,23). The molecule has 0 fully saturated rings. The van der Waals surface area contributed by atoms with Crippen molar-refractivity contribution >= 4 is 40.7 Å². The summed E-state index contributed by atoms with van der Waals surface area (Å²) >= 11 is 1.52. The molecular formula is C17H20N4O2S. The molecule has 0 aliphatic rings. The number of anilines is 2. The number of carbonyl (C=O) groups is 2. The third kappa shape index (κ3) is 5.85. The maximum absolute atomic E-state index is 11.9. The van der Waals surface area contributed by atoms with E-state index in [1.165, 1.54) is 17.4 Å². The number of hydrogen-bond acceptors (Lipinski definition) is 4. The van der Waals surface area contributed by atoms with Crippen molar-refractivity contribution in [3.05, 3.63) is 46.4 Å². The van der Waals surface area contributed by atoms with Gasteiger partial charge in [0.2, 0.25) is 5.91 Å². The van der Waals surface area contributed by atoms with Crippen molar-refractivity contribution in [2.45, 2.75) is 26.8 Å². The van der Waals surface area contributed by atoms with E-state index in [4.69, 9.17) is 0 Å². The summed E-state index contributed by atoms with van der Waals surface area (Å²) in [5, 5.41) is 9.18. The molecule has 3 amide bonds. The molecule has 2 aromatic rings. The third-order valence-electron chi connectivity index (χ3n) is 2.87. The summed E-state index contributed by atoms with van der Waals surface area (Å²) < 4.78 is 0. The molecule has 0 bridgehead atoms. The second kappa shape index (κ2) is 8.26. The maximum atomic E-state index is 11.9. The number of rotatable bonds is 5. The second-order valence-corrected chi connectivity index (χ2v) is 6.70. The fourth-order valence-corrected chi connectivity index (χ4v) is 2.55. The van der Waals surface area contributed by atoms with Gasteiger partial charge in [0.15, 0.2) is 0 Å². The van der Waals surface area contributed by atoms with Crippen LogP contribution in [0.5, 0.6) is 0 Å². The summed E-state index contributed by atoms with van der Waals surface area (Å²) in [7, 11) is 0. The molecule has 24 heavy (non-hydrogen) atoms. The number of nitrogens with zero attached hydrogens (tertiary/aromatic N) is 1. The van der Waals surface area contributed by atoms with E-state index in [0.717, 1.165) is 9.88 Å². The zero-order chi connectivity index (χ0) is 17.5. The van der Waals surface area contributed by atoms with Crippen LogP contribution in [0.25, 0.3) is 6.08 Å². The highest BCUT2D eigenvalue weighted by Crippen LogP contribution is 2.15. The molecule has 7 heteroatoms. The Morgan fingerprint density at radius 3 is 2.29 bits per heavy atom. The van der Waals surface area contributed by atoms with Gasteiger partial charge in [-0.25, -0.2) is 9.78 Å². The van der Waals surface area contributed by atoms with E-state index < -0.39 is 0 Å². The van der Waals surface area contributed by atoms with Crippen molar-refractivity contribution in [2.24, 2.45) is 0 Å². The molecule has 0 unspecified atom stereocenters. The normalized spacial score (nSPS) is 10.8. The number of amides is 3. The van der Waals surface area contributed by atoms with Crippen LogP contribution in [0.1, 0.15) is 23.7 Å². The van der Waals surface area contributed by atoms with Crippen LogP contribution in [0.4, 0.5) is 16.2 Å². The van der Waals surface area contributed by atoms with Gasteiger partial charge in [0, 0.05) is 34.6 Å². The lowest BCUT2D eigenvalue weighted by Crippen LogP contribution is -2.34. The quantitative estimate of drug-likeness (QED) is 0.724. The van der Waals surface area contributed by atoms with E-state index in [9.17, 15) is 9.59 Å². The highest BCUT2D eigenvalue weighted by atomic mass is 32.1. The van der Waals surface area contributed by atoms with Crippen LogP contribution < -0.4 is 16.0 Å². The second-order valence-electron chi connectivity index (χ2n) is 5.43. The van der Waals surface area contributed by atoms with Crippen molar-refractivity contribution in [3.8, 4) is 0 Å². The lowest BCUT2D eigenvalue weighted by molar-refractivity contribution is -0.111. The van der Waals surface area contributed by atoms with Crippen molar-refractivity contribution in [3.63, 3.8) is 0 Å². The van der Waals surface area contributed by atoms with Crippen LogP contribution in [-0.4, -0.2) is 23.0 Å². The van der Waals surface area contributed by atoms with Gasteiger partial charge >= 0.3 is 6.03 Å². The molecule has 6 nitrogen and oxygen atoms in total. The van der Waals surface area contributed by atoms with Gasteiger partial charge in [0.25, 0.3) is 0 Å². The number of aromatic nitrogens is 1. The minimum atomic E-state index is -0.260. The molecule has 0 radical (unpaired) electrons. The zero-order valence-electron chi connectivity index (χ0n) is 13.8. The Morgan fingerprint density at radius 1 is 1.12 bits per heavy atom. The van der Waals surface area contributed by atoms with E-state index in [1.54, 1.807) is 36.5 Å². The van der Waals surface area contributed by atoms with Crippen molar-refractivity contribution in [2.75, 3.05) is 10.6 Å². The number of thiazole rings is 1. The Hall–Kier alpha value is -2.67. The van der Waals surface area contributed by atoms with E-state index in [0.29, 0.717) is 11.4 Å². The van der Waals surface area contributed by atoms with Crippen molar-refractivity contribution < 1.29 is 9.59 Å². The fourth-order valence-electron chi connectivity index (χ4n) is 1.86. The summed E-state index contributed by atoms with van der Waals surface area (Å²) in [5.41, 5.74) is 1.31. The van der Waals surface area contributed by atoms with Crippen LogP contribution in [0.2, 0.25) is 0 Å². The van der Waals surface area contributed by atoms with Gasteiger partial charge in [-0.15, -0.1) is 11.3 Å². The predicted molar refractivity (Wildman–Crippen MR) is 98.2 cm³/mol. The summed E-state index contributed by atoms with van der Waals surface area (Å²) in [6.07, 6.45) is 4.92. The molecule has 0 spiro atoms. The summed E-state index contributed by atoms with van der Waals surface area (Å²) in [4.78, 5) is 28.5. The smallest absolute Gasteiger partial charge is 0.319 e. The minimum Gasteiger partial charge on any atom is -0.336 e. The van der Waals surface area contributed by atoms with Gasteiger partial charge in [0.1, 0.15) is 0 Å². The minimum absolute atomic E-state index is 0.0673. The highest BCUT2D eigenvalue weighted by molar-refractivity contribution is 7.12. The first-order valence-electron chi connectivity index (χ1n) is 7.51. The average molecular weight is 344 g/mol. The Kier molecular flexibility index (Phi) is 6.08. The number of hydrogen-bond donors (Lipinski definition) is 3. The van der Waals surface area contributed by atoms with Gasteiger partial charge in [0.05, 0.1) is 5.01 Å².